The molecule has 1 amide bonds. The van der Waals surface area contributed by atoms with Crippen molar-refractivity contribution in [3.8, 4) is 0 Å². The van der Waals surface area contributed by atoms with E-state index in [1.54, 1.807) is 11.8 Å². The maximum Gasteiger partial charge on any atom is 0.333 e. The molecule has 1 atom stereocenters. The van der Waals surface area contributed by atoms with Gasteiger partial charge in [0.1, 0.15) is 11.9 Å². The highest BCUT2D eigenvalue weighted by atomic mass is 32.1. The highest BCUT2D eigenvalue weighted by Gasteiger charge is 2.47. The van der Waals surface area contributed by atoms with E-state index in [2.05, 4.69) is 6.08 Å². The van der Waals surface area contributed by atoms with Crippen LogP contribution in [0.15, 0.2) is 65.9 Å². The van der Waals surface area contributed by atoms with Gasteiger partial charge in [0.25, 0.3) is 5.91 Å². The van der Waals surface area contributed by atoms with Gasteiger partial charge in [-0.05, 0) is 43.2 Å². The molecule has 0 bridgehead atoms. The standard InChI is InChI=1S/C23H19N3O3S/c1-3-29-20(27)13-18-22(28)26(23-24-16-9-5-7-11-19(16)30-23)21-14(2)12-15-8-4-6-10-17(15)25(18)21/h4-13,21H,3H2,1-2H3/b18-13-. The summed E-state index contributed by atoms with van der Waals surface area (Å²) in [4.78, 5) is 34.2. The van der Waals surface area contributed by atoms with E-state index in [9.17, 15) is 9.59 Å². The van der Waals surface area contributed by atoms with Crippen LogP contribution in [0, 0.1) is 0 Å². The highest BCUT2D eigenvalue weighted by Crippen LogP contribution is 2.44. The average Bonchev–Trinajstić information content (AvgIpc) is 3.28. The van der Waals surface area contributed by atoms with Crippen molar-refractivity contribution >= 4 is 50.3 Å². The van der Waals surface area contributed by atoms with Gasteiger partial charge in [0, 0.05) is 0 Å². The third-order valence-corrected chi connectivity index (χ3v) is 6.24. The number of anilines is 2. The van der Waals surface area contributed by atoms with Crippen molar-refractivity contribution in [2.24, 2.45) is 0 Å². The van der Waals surface area contributed by atoms with Crippen LogP contribution in [0.2, 0.25) is 0 Å². The molecule has 1 unspecified atom stereocenters. The fourth-order valence-electron chi connectivity index (χ4n) is 3.98. The molecule has 5 rings (SSSR count). The van der Waals surface area contributed by atoms with E-state index < -0.39 is 5.97 Å². The Balaban J connectivity index is 1.70. The molecule has 150 valence electrons. The number of thiazole rings is 1. The zero-order chi connectivity index (χ0) is 20.8. The minimum absolute atomic E-state index is 0.247. The first kappa shape index (κ1) is 18.6. The molecule has 1 fully saturated rings. The van der Waals surface area contributed by atoms with Crippen LogP contribution in [-0.4, -0.2) is 29.6 Å². The average molecular weight is 417 g/mol. The van der Waals surface area contributed by atoms with E-state index in [4.69, 9.17) is 9.72 Å². The van der Waals surface area contributed by atoms with Gasteiger partial charge in [0.05, 0.1) is 28.6 Å². The molecule has 2 aliphatic rings. The number of rotatable bonds is 3. The summed E-state index contributed by atoms with van der Waals surface area (Å²) < 4.78 is 6.10. The summed E-state index contributed by atoms with van der Waals surface area (Å²) in [5.41, 5.74) is 4.00. The highest BCUT2D eigenvalue weighted by molar-refractivity contribution is 7.22. The molecular weight excluding hydrogens is 398 g/mol. The first-order valence-corrected chi connectivity index (χ1v) is 10.5. The van der Waals surface area contributed by atoms with Crippen molar-refractivity contribution in [2.45, 2.75) is 20.0 Å². The number of hydrogen-bond acceptors (Lipinski definition) is 6. The number of nitrogens with zero attached hydrogens (tertiary/aromatic N) is 3. The van der Waals surface area contributed by atoms with Crippen LogP contribution in [0.5, 0.6) is 0 Å². The first-order chi connectivity index (χ1) is 14.6. The van der Waals surface area contributed by atoms with Crippen LogP contribution in [0.4, 0.5) is 10.8 Å². The monoisotopic (exact) mass is 417 g/mol. The molecule has 3 aromatic rings. The molecule has 0 aliphatic carbocycles. The van der Waals surface area contributed by atoms with Gasteiger partial charge in [-0.2, -0.15) is 0 Å². The minimum Gasteiger partial charge on any atom is -0.463 e. The minimum atomic E-state index is -0.532. The summed E-state index contributed by atoms with van der Waals surface area (Å²) in [6.45, 7) is 3.98. The Morgan fingerprint density at radius 1 is 1.17 bits per heavy atom. The maximum absolute atomic E-state index is 13.6. The number of aromatic nitrogens is 1. The number of ether oxygens (including phenoxy) is 1. The molecule has 3 heterocycles. The Bertz CT molecular complexity index is 1210. The van der Waals surface area contributed by atoms with Crippen LogP contribution in [0.1, 0.15) is 19.4 Å². The van der Waals surface area contributed by atoms with Crippen LogP contribution >= 0.6 is 11.3 Å². The van der Waals surface area contributed by atoms with E-state index in [-0.39, 0.29) is 24.4 Å². The third-order valence-electron chi connectivity index (χ3n) is 5.20. The molecule has 6 nitrogen and oxygen atoms in total. The van der Waals surface area contributed by atoms with E-state index in [0.29, 0.717) is 5.13 Å². The van der Waals surface area contributed by atoms with Gasteiger partial charge in [-0.1, -0.05) is 47.7 Å². The lowest BCUT2D eigenvalue weighted by Crippen LogP contribution is -2.42. The number of carbonyl (C=O) groups is 2. The Morgan fingerprint density at radius 2 is 1.93 bits per heavy atom. The van der Waals surface area contributed by atoms with Gasteiger partial charge in [-0.25, -0.2) is 9.78 Å². The third kappa shape index (κ3) is 2.81. The molecule has 1 aromatic heterocycles. The fourth-order valence-corrected chi connectivity index (χ4v) is 4.97. The van der Waals surface area contributed by atoms with E-state index >= 15 is 0 Å². The molecule has 7 heteroatoms. The fraction of sp³-hybridized carbons (Fsp3) is 0.174. The number of amides is 1. The van der Waals surface area contributed by atoms with Gasteiger partial charge in [0.2, 0.25) is 0 Å². The first-order valence-electron chi connectivity index (χ1n) is 9.72. The van der Waals surface area contributed by atoms with Crippen molar-refractivity contribution in [1.29, 1.82) is 0 Å². The van der Waals surface area contributed by atoms with Crippen LogP contribution < -0.4 is 9.80 Å². The van der Waals surface area contributed by atoms with Crippen molar-refractivity contribution in [1.82, 2.24) is 4.98 Å². The number of para-hydroxylation sites is 2. The second-order valence-corrected chi connectivity index (χ2v) is 8.12. The molecule has 0 saturated carbocycles. The number of fused-ring (bicyclic) bond motifs is 4. The van der Waals surface area contributed by atoms with Crippen LogP contribution in [0.3, 0.4) is 0 Å². The maximum atomic E-state index is 13.6. The van der Waals surface area contributed by atoms with E-state index in [0.717, 1.165) is 27.0 Å². The number of carbonyl (C=O) groups excluding carboxylic acids is 2. The second kappa shape index (κ2) is 7.11. The lowest BCUT2D eigenvalue weighted by atomic mass is 10.0. The smallest absolute Gasteiger partial charge is 0.333 e. The lowest BCUT2D eigenvalue weighted by molar-refractivity contribution is -0.137. The molecular formula is C23H19N3O3S. The van der Waals surface area contributed by atoms with Crippen LogP contribution in [0.25, 0.3) is 16.3 Å². The Kier molecular flexibility index (Phi) is 4.40. The largest absolute Gasteiger partial charge is 0.463 e. The zero-order valence-corrected chi connectivity index (χ0v) is 17.3. The molecule has 2 aromatic carbocycles. The Labute approximate surface area is 177 Å². The SMILES string of the molecule is CCOC(=O)/C=C1/C(=O)N(c2nc3ccccc3s2)C2C(C)=Cc3ccccc3N12. The summed E-state index contributed by atoms with van der Waals surface area (Å²) in [6, 6.07) is 15.7. The van der Waals surface area contributed by atoms with Gasteiger partial charge >= 0.3 is 5.97 Å². The second-order valence-electron chi connectivity index (χ2n) is 7.11. The van der Waals surface area contributed by atoms with E-state index in [1.165, 1.54) is 17.4 Å². The zero-order valence-electron chi connectivity index (χ0n) is 16.5. The summed E-state index contributed by atoms with van der Waals surface area (Å²) in [5.74, 6) is -0.799. The summed E-state index contributed by atoms with van der Waals surface area (Å²) >= 11 is 1.47. The molecule has 2 aliphatic heterocycles. The molecule has 0 N–H and O–H groups in total. The number of benzene rings is 2. The van der Waals surface area contributed by atoms with Gasteiger partial charge in [-0.15, -0.1) is 0 Å². The van der Waals surface area contributed by atoms with Crippen molar-refractivity contribution in [3.05, 3.63) is 71.4 Å². The quantitative estimate of drug-likeness (QED) is 0.469. The molecule has 1 saturated heterocycles. The van der Waals surface area contributed by atoms with Gasteiger partial charge < -0.3 is 9.64 Å². The van der Waals surface area contributed by atoms with Gasteiger partial charge in [0.15, 0.2) is 5.13 Å². The summed E-state index contributed by atoms with van der Waals surface area (Å²) in [6.07, 6.45) is 2.99. The summed E-state index contributed by atoms with van der Waals surface area (Å²) in [7, 11) is 0. The van der Waals surface area contributed by atoms with E-state index in [1.807, 2.05) is 60.4 Å². The number of hydrogen-bond donors (Lipinski definition) is 0. The van der Waals surface area contributed by atoms with Gasteiger partial charge in [-0.3, -0.25) is 9.69 Å². The lowest BCUT2D eigenvalue weighted by Gasteiger charge is -2.34. The van der Waals surface area contributed by atoms with Crippen LogP contribution in [-0.2, 0) is 14.3 Å². The Hall–Kier alpha value is -3.45. The topological polar surface area (TPSA) is 62.7 Å². The van der Waals surface area contributed by atoms with Crippen molar-refractivity contribution < 1.29 is 14.3 Å². The Morgan fingerprint density at radius 3 is 2.73 bits per heavy atom. The molecule has 0 spiro atoms. The molecule has 0 radical (unpaired) electrons. The predicted octanol–water partition coefficient (Wildman–Crippen LogP) is 4.34. The summed E-state index contributed by atoms with van der Waals surface area (Å²) in [5, 5.41) is 0.607. The molecule has 30 heavy (non-hydrogen) atoms. The van der Waals surface area contributed by atoms with Crippen molar-refractivity contribution in [2.75, 3.05) is 16.4 Å². The van der Waals surface area contributed by atoms with Crippen molar-refractivity contribution in [3.63, 3.8) is 0 Å². The number of esters is 1. The normalized spacial score (nSPS) is 19.1. The predicted molar refractivity (Wildman–Crippen MR) is 118 cm³/mol.